The summed E-state index contributed by atoms with van der Waals surface area (Å²) in [5, 5.41) is 13.5. The zero-order chi connectivity index (χ0) is 20.7. The van der Waals surface area contributed by atoms with E-state index in [0.29, 0.717) is 18.0 Å². The van der Waals surface area contributed by atoms with E-state index in [0.717, 1.165) is 16.6 Å². The lowest BCUT2D eigenvalue weighted by Crippen LogP contribution is -2.37. The van der Waals surface area contributed by atoms with Gasteiger partial charge in [0.15, 0.2) is 0 Å². The Morgan fingerprint density at radius 2 is 1.96 bits per heavy atom. The van der Waals surface area contributed by atoms with Gasteiger partial charge in [0.05, 0.1) is 16.9 Å². The standard InChI is InChI=1S/C18H19N3O6S/c1-3-11-27-17-9-7-14(8-10-17)19-18(22)13-20(28(2,25)26)15-5-4-6-16(12-15)21(23)24/h3-10,12H,1,11,13H2,2H3,(H,19,22). The summed E-state index contributed by atoms with van der Waals surface area (Å²) in [6, 6.07) is 11.6. The number of nitrogens with zero attached hydrogens (tertiary/aromatic N) is 2. The van der Waals surface area contributed by atoms with Gasteiger partial charge in [0, 0.05) is 17.8 Å². The molecule has 2 aromatic rings. The third kappa shape index (κ3) is 5.81. The number of benzene rings is 2. The van der Waals surface area contributed by atoms with Crippen molar-refractivity contribution >= 4 is 33.0 Å². The zero-order valence-corrected chi connectivity index (χ0v) is 15.9. The summed E-state index contributed by atoms with van der Waals surface area (Å²) in [5.74, 6) is -0.0102. The van der Waals surface area contributed by atoms with E-state index in [4.69, 9.17) is 4.74 Å². The molecule has 0 radical (unpaired) electrons. The van der Waals surface area contributed by atoms with Crippen LogP contribution in [0.5, 0.6) is 5.75 Å². The van der Waals surface area contributed by atoms with Crippen LogP contribution in [-0.2, 0) is 14.8 Å². The Morgan fingerprint density at radius 1 is 1.29 bits per heavy atom. The van der Waals surface area contributed by atoms with E-state index in [1.54, 1.807) is 30.3 Å². The predicted molar refractivity (Wildman–Crippen MR) is 106 cm³/mol. The molecule has 0 heterocycles. The number of carbonyl (C=O) groups is 1. The number of hydrogen-bond donors (Lipinski definition) is 1. The van der Waals surface area contributed by atoms with E-state index in [1.807, 2.05) is 0 Å². The first-order chi connectivity index (χ1) is 13.2. The topological polar surface area (TPSA) is 119 Å². The summed E-state index contributed by atoms with van der Waals surface area (Å²) in [6.45, 7) is 3.36. The Hall–Kier alpha value is -3.40. The van der Waals surface area contributed by atoms with E-state index in [9.17, 15) is 23.3 Å². The van der Waals surface area contributed by atoms with Gasteiger partial charge in [-0.05, 0) is 30.3 Å². The molecule has 28 heavy (non-hydrogen) atoms. The maximum absolute atomic E-state index is 12.3. The molecular weight excluding hydrogens is 386 g/mol. The summed E-state index contributed by atoms with van der Waals surface area (Å²) in [5.41, 5.74) is 0.199. The summed E-state index contributed by atoms with van der Waals surface area (Å²) in [6.07, 6.45) is 2.52. The van der Waals surface area contributed by atoms with Crippen LogP contribution in [-0.4, -0.2) is 38.7 Å². The molecule has 9 nitrogen and oxygen atoms in total. The van der Waals surface area contributed by atoms with Crippen LogP contribution in [0.15, 0.2) is 61.2 Å². The van der Waals surface area contributed by atoms with E-state index in [-0.39, 0.29) is 11.4 Å². The quantitative estimate of drug-likeness (QED) is 0.389. The molecule has 2 aromatic carbocycles. The number of sulfonamides is 1. The second-order valence-corrected chi connectivity index (χ2v) is 7.63. The van der Waals surface area contributed by atoms with Gasteiger partial charge in [0.25, 0.3) is 5.69 Å². The van der Waals surface area contributed by atoms with Crippen LogP contribution in [0.3, 0.4) is 0 Å². The number of ether oxygens (including phenoxy) is 1. The highest BCUT2D eigenvalue weighted by Crippen LogP contribution is 2.23. The summed E-state index contributed by atoms with van der Waals surface area (Å²) >= 11 is 0. The third-order valence-corrected chi connectivity index (χ3v) is 4.66. The lowest BCUT2D eigenvalue weighted by atomic mass is 10.2. The molecule has 10 heteroatoms. The molecule has 0 bridgehead atoms. The molecule has 0 aromatic heterocycles. The molecule has 0 aliphatic heterocycles. The van der Waals surface area contributed by atoms with Gasteiger partial charge in [-0.15, -0.1) is 0 Å². The number of amides is 1. The number of nitro benzene ring substituents is 1. The van der Waals surface area contributed by atoms with Crippen molar-refractivity contribution in [3.05, 3.63) is 71.3 Å². The first-order valence-corrected chi connectivity index (χ1v) is 9.91. The lowest BCUT2D eigenvalue weighted by Gasteiger charge is -2.21. The van der Waals surface area contributed by atoms with Gasteiger partial charge in [-0.2, -0.15) is 0 Å². The fourth-order valence-electron chi connectivity index (χ4n) is 2.28. The predicted octanol–water partition coefficient (Wildman–Crippen LogP) is 2.56. The molecular formula is C18H19N3O6S. The molecule has 148 valence electrons. The van der Waals surface area contributed by atoms with Crippen molar-refractivity contribution in [2.75, 3.05) is 29.0 Å². The van der Waals surface area contributed by atoms with Gasteiger partial charge >= 0.3 is 0 Å². The van der Waals surface area contributed by atoms with Crippen molar-refractivity contribution in [1.82, 2.24) is 0 Å². The van der Waals surface area contributed by atoms with Gasteiger partial charge < -0.3 is 10.1 Å². The summed E-state index contributed by atoms with van der Waals surface area (Å²) in [4.78, 5) is 22.6. The van der Waals surface area contributed by atoms with Crippen LogP contribution in [0.2, 0.25) is 0 Å². The van der Waals surface area contributed by atoms with Gasteiger partial charge in [-0.1, -0.05) is 18.7 Å². The Labute approximate surface area is 162 Å². The van der Waals surface area contributed by atoms with Crippen LogP contribution in [0.4, 0.5) is 17.1 Å². The number of rotatable bonds is 9. The first kappa shape index (κ1) is 20.9. The summed E-state index contributed by atoms with van der Waals surface area (Å²) in [7, 11) is -3.84. The normalized spacial score (nSPS) is 10.8. The fraction of sp³-hybridized carbons (Fsp3) is 0.167. The number of anilines is 2. The first-order valence-electron chi connectivity index (χ1n) is 8.06. The van der Waals surface area contributed by atoms with Crippen molar-refractivity contribution in [3.63, 3.8) is 0 Å². The van der Waals surface area contributed by atoms with Crippen molar-refractivity contribution in [2.45, 2.75) is 0 Å². The van der Waals surface area contributed by atoms with Gasteiger partial charge in [0.2, 0.25) is 15.9 Å². The average molecular weight is 405 g/mol. The highest BCUT2D eigenvalue weighted by atomic mass is 32.2. The lowest BCUT2D eigenvalue weighted by molar-refractivity contribution is -0.384. The molecule has 0 spiro atoms. The molecule has 1 amide bonds. The third-order valence-electron chi connectivity index (χ3n) is 3.52. The zero-order valence-electron chi connectivity index (χ0n) is 15.1. The Bertz CT molecular complexity index is 973. The SMILES string of the molecule is C=CCOc1ccc(NC(=O)CN(c2cccc([N+](=O)[O-])c2)S(C)(=O)=O)cc1. The van der Waals surface area contributed by atoms with Crippen molar-refractivity contribution in [2.24, 2.45) is 0 Å². The smallest absolute Gasteiger partial charge is 0.271 e. The van der Waals surface area contributed by atoms with E-state index in [1.165, 1.54) is 18.2 Å². The maximum atomic E-state index is 12.3. The number of carbonyl (C=O) groups excluding carboxylic acids is 1. The van der Waals surface area contributed by atoms with Crippen LogP contribution < -0.4 is 14.4 Å². The second kappa shape index (κ2) is 9.00. The van der Waals surface area contributed by atoms with Crippen LogP contribution in [0.25, 0.3) is 0 Å². The molecule has 0 unspecified atom stereocenters. The van der Waals surface area contributed by atoms with E-state index < -0.39 is 27.4 Å². The largest absolute Gasteiger partial charge is 0.490 e. The Balaban J connectivity index is 2.14. The van der Waals surface area contributed by atoms with Crippen LogP contribution in [0.1, 0.15) is 0 Å². The van der Waals surface area contributed by atoms with Crippen molar-refractivity contribution in [3.8, 4) is 5.75 Å². The number of hydrogen-bond acceptors (Lipinski definition) is 6. The van der Waals surface area contributed by atoms with Crippen molar-refractivity contribution < 1.29 is 22.9 Å². The highest BCUT2D eigenvalue weighted by Gasteiger charge is 2.22. The molecule has 0 aliphatic rings. The minimum atomic E-state index is -3.84. The van der Waals surface area contributed by atoms with Crippen LogP contribution in [0, 0.1) is 10.1 Å². The van der Waals surface area contributed by atoms with E-state index >= 15 is 0 Å². The molecule has 1 N–H and O–H groups in total. The minimum absolute atomic E-state index is 0.0278. The number of nitrogens with one attached hydrogen (secondary N) is 1. The maximum Gasteiger partial charge on any atom is 0.271 e. The van der Waals surface area contributed by atoms with Crippen molar-refractivity contribution in [1.29, 1.82) is 0 Å². The average Bonchev–Trinajstić information content (AvgIpc) is 2.64. The number of non-ortho nitro benzene ring substituents is 1. The van der Waals surface area contributed by atoms with Gasteiger partial charge in [-0.3, -0.25) is 19.2 Å². The molecule has 2 rings (SSSR count). The number of nitro groups is 1. The van der Waals surface area contributed by atoms with Gasteiger partial charge in [-0.25, -0.2) is 8.42 Å². The van der Waals surface area contributed by atoms with Gasteiger partial charge in [0.1, 0.15) is 18.9 Å². The molecule has 0 saturated carbocycles. The van der Waals surface area contributed by atoms with Crippen LogP contribution >= 0.6 is 0 Å². The molecule has 0 aliphatic carbocycles. The molecule has 0 atom stereocenters. The second-order valence-electron chi connectivity index (χ2n) is 5.72. The van der Waals surface area contributed by atoms with E-state index in [2.05, 4.69) is 11.9 Å². The monoisotopic (exact) mass is 405 g/mol. The summed E-state index contributed by atoms with van der Waals surface area (Å²) < 4.78 is 30.3. The molecule has 0 fully saturated rings. The fourth-order valence-corrected chi connectivity index (χ4v) is 3.13. The minimum Gasteiger partial charge on any atom is -0.490 e. The Kier molecular flexibility index (Phi) is 6.72. The Morgan fingerprint density at radius 3 is 2.54 bits per heavy atom. The molecule has 0 saturated heterocycles. The highest BCUT2D eigenvalue weighted by molar-refractivity contribution is 7.92.